The number of furan rings is 2. The first-order chi connectivity index (χ1) is 12.6. The lowest BCUT2D eigenvalue weighted by atomic mass is 9.84. The van der Waals surface area contributed by atoms with Crippen molar-refractivity contribution in [3.63, 3.8) is 0 Å². The highest BCUT2D eigenvalue weighted by Gasteiger charge is 2.42. The Balaban J connectivity index is 1.38. The molecule has 26 heavy (non-hydrogen) atoms. The summed E-state index contributed by atoms with van der Waals surface area (Å²) in [5.41, 5.74) is 0. The van der Waals surface area contributed by atoms with Crippen molar-refractivity contribution < 1.29 is 18.4 Å². The number of fused-ring (bicyclic) bond motifs is 1. The number of carbonyl (C=O) groups is 1. The van der Waals surface area contributed by atoms with Crippen molar-refractivity contribution in [2.75, 3.05) is 33.3 Å². The summed E-state index contributed by atoms with van der Waals surface area (Å²) in [7, 11) is 2.08. The molecule has 0 aliphatic carbocycles. The molecule has 2 aromatic rings. The van der Waals surface area contributed by atoms with E-state index in [1.807, 2.05) is 30.0 Å². The maximum Gasteiger partial charge on any atom is 0.289 e. The van der Waals surface area contributed by atoms with Gasteiger partial charge in [-0.15, -0.1) is 0 Å². The predicted molar refractivity (Wildman–Crippen MR) is 95.7 cm³/mol. The Morgan fingerprint density at radius 3 is 2.96 bits per heavy atom. The van der Waals surface area contributed by atoms with Crippen molar-refractivity contribution in [2.45, 2.75) is 26.0 Å². The molecule has 3 atom stereocenters. The van der Waals surface area contributed by atoms with Crippen LogP contribution in [0.4, 0.5) is 0 Å². The Bertz CT molecular complexity index is 739. The third kappa shape index (κ3) is 3.57. The lowest BCUT2D eigenvalue weighted by Gasteiger charge is -2.36. The van der Waals surface area contributed by atoms with Crippen LogP contribution < -0.4 is 0 Å². The van der Waals surface area contributed by atoms with E-state index in [4.69, 9.17) is 13.6 Å². The molecular formula is C20H26N2O4. The van der Waals surface area contributed by atoms with Crippen LogP contribution in [0.25, 0.3) is 0 Å². The normalized spacial score (nSPS) is 25.7. The van der Waals surface area contributed by atoms with Crippen molar-refractivity contribution in [1.82, 2.24) is 9.80 Å². The van der Waals surface area contributed by atoms with E-state index in [1.54, 1.807) is 12.3 Å². The summed E-state index contributed by atoms with van der Waals surface area (Å²) in [6.45, 7) is 5.77. The van der Waals surface area contributed by atoms with E-state index in [9.17, 15) is 4.79 Å². The van der Waals surface area contributed by atoms with Gasteiger partial charge in [0.15, 0.2) is 5.76 Å². The van der Waals surface area contributed by atoms with E-state index >= 15 is 0 Å². The van der Waals surface area contributed by atoms with Crippen LogP contribution in [-0.4, -0.2) is 55.1 Å². The van der Waals surface area contributed by atoms with Gasteiger partial charge in [0.05, 0.1) is 25.5 Å². The molecule has 2 aromatic heterocycles. The second kappa shape index (κ2) is 7.29. The first kappa shape index (κ1) is 17.4. The number of piperidine rings is 1. The fraction of sp³-hybridized carbons (Fsp3) is 0.550. The molecule has 2 fully saturated rings. The van der Waals surface area contributed by atoms with Crippen LogP contribution in [0, 0.1) is 18.8 Å². The molecular weight excluding hydrogens is 332 g/mol. The summed E-state index contributed by atoms with van der Waals surface area (Å²) >= 11 is 0. The van der Waals surface area contributed by atoms with Gasteiger partial charge >= 0.3 is 0 Å². The van der Waals surface area contributed by atoms with Crippen molar-refractivity contribution in [2.24, 2.45) is 11.8 Å². The van der Waals surface area contributed by atoms with Crippen molar-refractivity contribution in [1.29, 1.82) is 0 Å². The van der Waals surface area contributed by atoms with Crippen LogP contribution in [0.15, 0.2) is 39.4 Å². The van der Waals surface area contributed by atoms with Gasteiger partial charge in [0.25, 0.3) is 5.91 Å². The lowest BCUT2D eigenvalue weighted by molar-refractivity contribution is 0.0405. The molecule has 1 amide bonds. The molecule has 4 rings (SSSR count). The predicted octanol–water partition coefficient (Wildman–Crippen LogP) is 2.79. The minimum absolute atomic E-state index is 0.00820. The van der Waals surface area contributed by atoms with Crippen LogP contribution in [0.2, 0.25) is 0 Å². The average molecular weight is 358 g/mol. The van der Waals surface area contributed by atoms with Crippen molar-refractivity contribution in [3.05, 3.63) is 47.8 Å². The summed E-state index contributed by atoms with van der Waals surface area (Å²) in [6.07, 6.45) is 2.84. The number of hydrogen-bond donors (Lipinski definition) is 0. The van der Waals surface area contributed by atoms with E-state index in [2.05, 4.69) is 11.9 Å². The molecule has 2 aliphatic rings. The number of amides is 1. The molecule has 0 N–H and O–H groups in total. The first-order valence-electron chi connectivity index (χ1n) is 9.28. The number of ether oxygens (including phenoxy) is 1. The SMILES string of the molecule is Cc1ccc(C(=O)N2CC[C@H]3CO[C@H](CN(C)Cc4ccco4)[C@H]3C2)o1. The summed E-state index contributed by atoms with van der Waals surface area (Å²) in [5, 5.41) is 0. The first-order valence-corrected chi connectivity index (χ1v) is 9.28. The summed E-state index contributed by atoms with van der Waals surface area (Å²) in [6, 6.07) is 7.50. The Hall–Kier alpha value is -2.05. The van der Waals surface area contributed by atoms with Crippen LogP contribution in [0.1, 0.15) is 28.5 Å². The molecule has 0 bridgehead atoms. The third-order valence-corrected chi connectivity index (χ3v) is 5.54. The van der Waals surface area contributed by atoms with Gasteiger partial charge < -0.3 is 18.5 Å². The number of likely N-dealkylation sites (tertiary alicyclic amines) is 1. The van der Waals surface area contributed by atoms with Gasteiger partial charge in [-0.05, 0) is 50.6 Å². The fourth-order valence-electron chi connectivity index (χ4n) is 4.15. The van der Waals surface area contributed by atoms with E-state index in [0.29, 0.717) is 17.6 Å². The molecule has 2 aliphatic heterocycles. The van der Waals surface area contributed by atoms with Crippen LogP contribution in [0.3, 0.4) is 0 Å². The highest BCUT2D eigenvalue weighted by Crippen LogP contribution is 2.35. The van der Waals surface area contributed by atoms with Gasteiger partial charge in [-0.2, -0.15) is 0 Å². The van der Waals surface area contributed by atoms with E-state index in [-0.39, 0.29) is 12.0 Å². The minimum Gasteiger partial charge on any atom is -0.468 e. The zero-order valence-electron chi connectivity index (χ0n) is 15.4. The largest absolute Gasteiger partial charge is 0.468 e. The summed E-state index contributed by atoms with van der Waals surface area (Å²) < 4.78 is 17.0. The molecule has 0 unspecified atom stereocenters. The number of likely N-dealkylation sites (N-methyl/N-ethyl adjacent to an activating group) is 1. The smallest absolute Gasteiger partial charge is 0.289 e. The Morgan fingerprint density at radius 1 is 1.35 bits per heavy atom. The molecule has 6 nitrogen and oxygen atoms in total. The van der Waals surface area contributed by atoms with E-state index in [1.165, 1.54) is 0 Å². The molecule has 0 radical (unpaired) electrons. The maximum atomic E-state index is 12.7. The van der Waals surface area contributed by atoms with Gasteiger partial charge in [0, 0.05) is 25.6 Å². The summed E-state index contributed by atoms with van der Waals surface area (Å²) in [4.78, 5) is 16.9. The molecule has 140 valence electrons. The number of aryl methyl sites for hydroxylation is 1. The number of carbonyl (C=O) groups excluding carboxylic acids is 1. The highest BCUT2D eigenvalue weighted by atomic mass is 16.5. The fourth-order valence-corrected chi connectivity index (χ4v) is 4.15. The van der Waals surface area contributed by atoms with E-state index < -0.39 is 0 Å². The molecule has 2 saturated heterocycles. The molecule has 0 aromatic carbocycles. The number of rotatable bonds is 5. The highest BCUT2D eigenvalue weighted by molar-refractivity contribution is 5.91. The maximum absolute atomic E-state index is 12.7. The number of hydrogen-bond acceptors (Lipinski definition) is 5. The van der Waals surface area contributed by atoms with Gasteiger partial charge in [-0.25, -0.2) is 0 Å². The Morgan fingerprint density at radius 2 is 2.23 bits per heavy atom. The van der Waals surface area contributed by atoms with Crippen molar-refractivity contribution in [3.8, 4) is 0 Å². The van der Waals surface area contributed by atoms with Crippen LogP contribution >= 0.6 is 0 Å². The van der Waals surface area contributed by atoms with Gasteiger partial charge in [-0.3, -0.25) is 9.69 Å². The second-order valence-electron chi connectivity index (χ2n) is 7.52. The average Bonchev–Trinajstić information content (AvgIpc) is 3.36. The minimum atomic E-state index is -0.00820. The topological polar surface area (TPSA) is 59.1 Å². The number of nitrogens with zero attached hydrogens (tertiary/aromatic N) is 2. The third-order valence-electron chi connectivity index (χ3n) is 5.54. The van der Waals surface area contributed by atoms with E-state index in [0.717, 1.165) is 50.7 Å². The molecule has 4 heterocycles. The van der Waals surface area contributed by atoms with Crippen molar-refractivity contribution >= 4 is 5.91 Å². The van der Waals surface area contributed by atoms with Crippen LogP contribution in [0.5, 0.6) is 0 Å². The molecule has 0 saturated carbocycles. The second-order valence-corrected chi connectivity index (χ2v) is 7.52. The van der Waals surface area contributed by atoms with Gasteiger partial charge in [0.1, 0.15) is 11.5 Å². The van der Waals surface area contributed by atoms with Gasteiger partial charge in [-0.1, -0.05) is 0 Å². The quantitative estimate of drug-likeness (QED) is 0.823. The van der Waals surface area contributed by atoms with Gasteiger partial charge in [0.2, 0.25) is 0 Å². The monoisotopic (exact) mass is 358 g/mol. The van der Waals surface area contributed by atoms with Crippen LogP contribution in [-0.2, 0) is 11.3 Å². The lowest BCUT2D eigenvalue weighted by Crippen LogP contribution is -2.47. The zero-order valence-corrected chi connectivity index (χ0v) is 15.4. The zero-order chi connectivity index (χ0) is 18.1. The standard InChI is InChI=1S/C20H26N2O4/c1-14-5-6-18(26-14)20(23)22-8-7-15-13-25-19(17(15)11-22)12-21(2)10-16-4-3-9-24-16/h3-6,9,15,17,19H,7-8,10-13H2,1-2H3/t15-,17-,19+/m0/s1. The Kier molecular flexibility index (Phi) is 4.87. The molecule has 6 heteroatoms. The summed E-state index contributed by atoms with van der Waals surface area (Å²) in [5.74, 6) is 3.07. The Labute approximate surface area is 153 Å². The molecule has 0 spiro atoms.